The van der Waals surface area contributed by atoms with Gasteiger partial charge in [0.1, 0.15) is 11.5 Å². The van der Waals surface area contributed by atoms with Crippen LogP contribution in [0.5, 0.6) is 11.5 Å². The van der Waals surface area contributed by atoms with E-state index in [-0.39, 0.29) is 22.6 Å². The van der Waals surface area contributed by atoms with Crippen molar-refractivity contribution in [3.05, 3.63) is 69.8 Å². The summed E-state index contributed by atoms with van der Waals surface area (Å²) in [5, 5.41) is 21.0. The summed E-state index contributed by atoms with van der Waals surface area (Å²) in [5.74, 6) is -0.539. The third-order valence-corrected chi connectivity index (χ3v) is 3.59. The lowest BCUT2D eigenvalue weighted by Crippen LogP contribution is -2.51. The maximum absolute atomic E-state index is 12.7. The Morgan fingerprint density at radius 1 is 1.19 bits per heavy atom. The largest absolute Gasteiger partial charge is 0.508 e. The van der Waals surface area contributed by atoms with Crippen molar-refractivity contribution >= 4 is 5.78 Å². The number of nitrogens with zero attached hydrogens (tertiary/aromatic N) is 1. The van der Waals surface area contributed by atoms with E-state index in [1.165, 1.54) is 30.3 Å². The van der Waals surface area contributed by atoms with Crippen LogP contribution in [0.4, 0.5) is 0 Å². The van der Waals surface area contributed by atoms with Gasteiger partial charge in [-0.3, -0.25) is 14.9 Å². The Kier molecular flexibility index (Phi) is 2.86. The van der Waals surface area contributed by atoms with E-state index in [0.717, 1.165) is 0 Å². The Hall–Kier alpha value is -2.89. The molecule has 2 aromatic rings. The average Bonchev–Trinajstić information content (AvgIpc) is 2.48. The minimum absolute atomic E-state index is 0.0603. The fraction of sp³-hybridized carbons (Fsp3) is 0.133. The molecule has 0 spiro atoms. The summed E-state index contributed by atoms with van der Waals surface area (Å²) in [7, 11) is 0. The minimum Gasteiger partial charge on any atom is -0.508 e. The number of Topliss-reactive ketones (excluding diaryl/α,β-unsaturated/α-hetero) is 1. The number of hydrogen-bond acceptors (Lipinski definition) is 5. The van der Waals surface area contributed by atoms with Crippen LogP contribution in [0.25, 0.3) is 0 Å². The SMILES string of the molecule is O=C1c2ccc(O)cc2OCC1(c1ccccc1)[N+](=O)[O-]. The van der Waals surface area contributed by atoms with Gasteiger partial charge in [-0.25, -0.2) is 0 Å². The molecule has 6 nitrogen and oxygen atoms in total. The van der Waals surface area contributed by atoms with Gasteiger partial charge in [0.05, 0.1) is 5.56 Å². The Bertz CT molecular complexity index is 728. The first kappa shape index (κ1) is 13.1. The predicted molar refractivity (Wildman–Crippen MR) is 73.0 cm³/mol. The molecule has 0 fully saturated rings. The van der Waals surface area contributed by atoms with Crippen LogP contribution in [0.3, 0.4) is 0 Å². The monoisotopic (exact) mass is 285 g/mol. The van der Waals surface area contributed by atoms with Crippen LogP contribution < -0.4 is 4.74 Å². The smallest absolute Gasteiger partial charge is 0.341 e. The van der Waals surface area contributed by atoms with Crippen LogP contribution in [0.1, 0.15) is 15.9 Å². The van der Waals surface area contributed by atoms with E-state index in [0.29, 0.717) is 0 Å². The predicted octanol–water partition coefficient (Wildman–Crippen LogP) is 2.14. The molecule has 1 unspecified atom stereocenters. The number of rotatable bonds is 2. The van der Waals surface area contributed by atoms with Gasteiger partial charge in [-0.1, -0.05) is 30.3 Å². The van der Waals surface area contributed by atoms with Crippen molar-refractivity contribution in [3.8, 4) is 11.5 Å². The molecule has 0 bridgehead atoms. The van der Waals surface area contributed by atoms with Gasteiger partial charge >= 0.3 is 5.54 Å². The van der Waals surface area contributed by atoms with Gasteiger partial charge in [0.25, 0.3) is 5.78 Å². The molecule has 3 rings (SSSR count). The molecule has 0 saturated carbocycles. The number of aromatic hydroxyl groups is 1. The number of ether oxygens (including phenoxy) is 1. The number of nitro groups is 1. The van der Waals surface area contributed by atoms with Crippen molar-refractivity contribution in [2.75, 3.05) is 6.61 Å². The highest BCUT2D eigenvalue weighted by molar-refractivity contribution is 6.06. The summed E-state index contributed by atoms with van der Waals surface area (Å²) < 4.78 is 5.38. The van der Waals surface area contributed by atoms with Crippen molar-refractivity contribution in [2.45, 2.75) is 5.54 Å². The Balaban J connectivity index is 2.19. The molecule has 0 aliphatic carbocycles. The third kappa shape index (κ3) is 1.84. The molecule has 0 saturated heterocycles. The quantitative estimate of drug-likeness (QED) is 0.674. The number of phenolic OH excluding ortho intramolecular Hbond substituents is 1. The molecule has 6 heteroatoms. The fourth-order valence-electron chi connectivity index (χ4n) is 2.46. The van der Waals surface area contributed by atoms with Gasteiger partial charge in [-0.05, 0) is 12.1 Å². The summed E-state index contributed by atoms with van der Waals surface area (Å²) in [6, 6.07) is 12.0. The number of ketones is 1. The number of phenols is 1. The zero-order valence-electron chi connectivity index (χ0n) is 10.9. The van der Waals surface area contributed by atoms with Gasteiger partial charge in [-0.15, -0.1) is 0 Å². The van der Waals surface area contributed by atoms with E-state index in [1.54, 1.807) is 18.2 Å². The lowest BCUT2D eigenvalue weighted by molar-refractivity contribution is -0.561. The first-order valence-corrected chi connectivity index (χ1v) is 6.26. The zero-order valence-corrected chi connectivity index (χ0v) is 10.9. The summed E-state index contributed by atoms with van der Waals surface area (Å²) >= 11 is 0. The molecule has 1 atom stereocenters. The van der Waals surface area contributed by atoms with E-state index < -0.39 is 22.9 Å². The van der Waals surface area contributed by atoms with Gasteiger partial charge in [0.15, 0.2) is 6.61 Å². The minimum atomic E-state index is -1.95. The number of carbonyl (C=O) groups is 1. The van der Waals surface area contributed by atoms with Crippen molar-refractivity contribution in [1.29, 1.82) is 0 Å². The lowest BCUT2D eigenvalue weighted by Gasteiger charge is -2.29. The highest BCUT2D eigenvalue weighted by Crippen LogP contribution is 2.38. The summed E-state index contributed by atoms with van der Waals surface area (Å²) in [6.45, 7) is -0.403. The number of fused-ring (bicyclic) bond motifs is 1. The van der Waals surface area contributed by atoms with E-state index >= 15 is 0 Å². The highest BCUT2D eigenvalue weighted by Gasteiger charge is 2.57. The Morgan fingerprint density at radius 2 is 1.90 bits per heavy atom. The molecule has 1 aliphatic heterocycles. The van der Waals surface area contributed by atoms with E-state index in [4.69, 9.17) is 4.74 Å². The molecular weight excluding hydrogens is 274 g/mol. The van der Waals surface area contributed by atoms with Crippen LogP contribution in [0.15, 0.2) is 48.5 Å². The first-order valence-electron chi connectivity index (χ1n) is 6.26. The second-order valence-corrected chi connectivity index (χ2v) is 4.78. The van der Waals surface area contributed by atoms with Crippen LogP contribution in [-0.2, 0) is 5.54 Å². The lowest BCUT2D eigenvalue weighted by atomic mass is 9.82. The highest BCUT2D eigenvalue weighted by atomic mass is 16.6. The van der Waals surface area contributed by atoms with Crippen molar-refractivity contribution < 1.29 is 19.6 Å². The molecule has 0 aromatic heterocycles. The molecule has 0 amide bonds. The summed E-state index contributed by atoms with van der Waals surface area (Å²) in [4.78, 5) is 23.7. The van der Waals surface area contributed by atoms with Crippen molar-refractivity contribution in [1.82, 2.24) is 0 Å². The standard InChI is InChI=1S/C15H11NO5/c17-11-6-7-12-13(8-11)21-9-15(14(12)18,16(19)20)10-4-2-1-3-5-10/h1-8,17H,9H2. The van der Waals surface area contributed by atoms with E-state index in [9.17, 15) is 20.0 Å². The topological polar surface area (TPSA) is 89.7 Å². The maximum Gasteiger partial charge on any atom is 0.341 e. The molecule has 1 heterocycles. The van der Waals surface area contributed by atoms with Crippen molar-refractivity contribution in [2.24, 2.45) is 0 Å². The Morgan fingerprint density at radius 3 is 2.57 bits per heavy atom. The third-order valence-electron chi connectivity index (χ3n) is 3.59. The number of benzene rings is 2. The van der Waals surface area contributed by atoms with Crippen LogP contribution in [0.2, 0.25) is 0 Å². The summed E-state index contributed by atoms with van der Waals surface area (Å²) in [6.07, 6.45) is 0. The fourth-order valence-corrected chi connectivity index (χ4v) is 2.46. The van der Waals surface area contributed by atoms with Crippen LogP contribution >= 0.6 is 0 Å². The van der Waals surface area contributed by atoms with Crippen LogP contribution in [0, 0.1) is 10.1 Å². The van der Waals surface area contributed by atoms with Gasteiger partial charge < -0.3 is 9.84 Å². The molecular formula is C15H11NO5. The maximum atomic E-state index is 12.7. The zero-order chi connectivity index (χ0) is 15.0. The molecule has 0 radical (unpaired) electrons. The van der Waals surface area contributed by atoms with Crippen LogP contribution in [-0.4, -0.2) is 22.4 Å². The van der Waals surface area contributed by atoms with E-state index in [1.807, 2.05) is 0 Å². The second-order valence-electron chi connectivity index (χ2n) is 4.78. The average molecular weight is 285 g/mol. The molecule has 1 aliphatic rings. The molecule has 1 N–H and O–H groups in total. The molecule has 2 aromatic carbocycles. The van der Waals surface area contributed by atoms with Gasteiger partial charge in [0, 0.05) is 16.6 Å². The van der Waals surface area contributed by atoms with Crippen molar-refractivity contribution in [3.63, 3.8) is 0 Å². The number of hydrogen-bond donors (Lipinski definition) is 1. The van der Waals surface area contributed by atoms with E-state index in [2.05, 4.69) is 0 Å². The normalized spacial score (nSPS) is 20.5. The summed E-state index contributed by atoms with van der Waals surface area (Å²) in [5.41, 5.74) is -1.58. The van der Waals surface area contributed by atoms with Gasteiger partial charge in [0.2, 0.25) is 0 Å². The second kappa shape index (κ2) is 4.59. The van der Waals surface area contributed by atoms with Gasteiger partial charge in [-0.2, -0.15) is 0 Å². The first-order chi connectivity index (χ1) is 10.1. The molecule has 21 heavy (non-hydrogen) atoms. The number of carbonyl (C=O) groups excluding carboxylic acids is 1. The molecule has 106 valence electrons. The Labute approximate surface area is 119 Å².